The number of aromatic hydroxyl groups is 2. The molecule has 0 radical (unpaired) electrons. The van der Waals surface area contributed by atoms with Gasteiger partial charge in [-0.3, -0.25) is 9.69 Å². The minimum Gasteiger partial charge on any atom is -0.508 e. The molecule has 0 saturated carbocycles. The number of fused-ring (bicyclic) bond motifs is 1. The summed E-state index contributed by atoms with van der Waals surface area (Å²) in [4.78, 5) is 14.9. The highest BCUT2D eigenvalue weighted by atomic mass is 16.5. The first kappa shape index (κ1) is 21.5. The number of hydrogen-bond donors (Lipinski definition) is 3. The number of carbonyl (C=O) groups excluding carboxylic acids is 1. The number of phenolic OH excluding ortho intramolecular Hbond substituents is 2. The Morgan fingerprint density at radius 3 is 2.71 bits per heavy atom. The van der Waals surface area contributed by atoms with Gasteiger partial charge in [0.25, 0.3) is 0 Å². The molecule has 0 aliphatic carbocycles. The molecule has 3 N–H and O–H groups in total. The minimum atomic E-state index is -0.661. The Balaban J connectivity index is 1.43. The molecule has 0 spiro atoms. The molecule has 0 aromatic heterocycles. The number of β-amino-alcohol motifs (C(OH)–C–C–N with tert-alkyl or cyclic N) is 1. The van der Waals surface area contributed by atoms with Gasteiger partial charge in [-0.05, 0) is 44.0 Å². The van der Waals surface area contributed by atoms with Gasteiger partial charge in [0.1, 0.15) is 47.4 Å². The Morgan fingerprint density at radius 1 is 1.19 bits per heavy atom. The van der Waals surface area contributed by atoms with Crippen LogP contribution in [0.25, 0.3) is 0 Å². The molecule has 7 heteroatoms. The molecule has 31 heavy (non-hydrogen) atoms. The van der Waals surface area contributed by atoms with Crippen LogP contribution >= 0.6 is 0 Å². The van der Waals surface area contributed by atoms with Crippen LogP contribution in [0.2, 0.25) is 0 Å². The average molecular weight is 427 g/mol. The van der Waals surface area contributed by atoms with E-state index in [1.54, 1.807) is 30.3 Å². The molecule has 3 unspecified atom stereocenters. The lowest BCUT2D eigenvalue weighted by Crippen LogP contribution is -2.43. The van der Waals surface area contributed by atoms with Crippen molar-refractivity contribution in [1.82, 2.24) is 4.90 Å². The highest BCUT2D eigenvalue weighted by molar-refractivity contribution is 6.02. The van der Waals surface area contributed by atoms with E-state index >= 15 is 0 Å². The third-order valence-electron chi connectivity index (χ3n) is 6.07. The van der Waals surface area contributed by atoms with Crippen LogP contribution in [0.15, 0.2) is 36.4 Å². The van der Waals surface area contributed by atoms with Gasteiger partial charge in [0.2, 0.25) is 0 Å². The largest absolute Gasteiger partial charge is 0.508 e. The summed E-state index contributed by atoms with van der Waals surface area (Å²) in [6, 6.07) is 9.91. The van der Waals surface area contributed by atoms with Crippen LogP contribution in [0.4, 0.5) is 0 Å². The van der Waals surface area contributed by atoms with Crippen LogP contribution in [-0.2, 0) is 0 Å². The van der Waals surface area contributed by atoms with Crippen molar-refractivity contribution in [3.63, 3.8) is 0 Å². The highest BCUT2D eigenvalue weighted by Gasteiger charge is 2.31. The van der Waals surface area contributed by atoms with Crippen LogP contribution in [-0.4, -0.2) is 57.8 Å². The number of piperidine rings is 1. The van der Waals surface area contributed by atoms with E-state index in [-0.39, 0.29) is 41.6 Å². The highest BCUT2D eigenvalue weighted by Crippen LogP contribution is 2.42. The van der Waals surface area contributed by atoms with Crippen molar-refractivity contribution in [3.8, 4) is 23.0 Å². The van der Waals surface area contributed by atoms with E-state index in [9.17, 15) is 20.1 Å². The summed E-state index contributed by atoms with van der Waals surface area (Å²) in [5, 5.41) is 30.3. The Bertz CT molecular complexity index is 928. The number of ketones is 1. The van der Waals surface area contributed by atoms with Crippen molar-refractivity contribution in [2.75, 3.05) is 19.7 Å². The van der Waals surface area contributed by atoms with Gasteiger partial charge < -0.3 is 24.8 Å². The van der Waals surface area contributed by atoms with Crippen molar-refractivity contribution in [3.05, 3.63) is 47.5 Å². The van der Waals surface area contributed by atoms with Gasteiger partial charge in [-0.2, -0.15) is 0 Å². The molecule has 2 aromatic carbocycles. The molecular formula is C24H29NO6. The van der Waals surface area contributed by atoms with Crippen LogP contribution in [0.1, 0.15) is 54.6 Å². The minimum absolute atomic E-state index is 0.0801. The first-order valence-corrected chi connectivity index (χ1v) is 10.8. The third kappa shape index (κ3) is 4.94. The van der Waals surface area contributed by atoms with Crippen LogP contribution in [0, 0.1) is 0 Å². The lowest BCUT2D eigenvalue weighted by Gasteiger charge is -2.34. The lowest BCUT2D eigenvalue weighted by atomic mass is 9.95. The van der Waals surface area contributed by atoms with Gasteiger partial charge in [-0.25, -0.2) is 0 Å². The number of benzene rings is 2. The summed E-state index contributed by atoms with van der Waals surface area (Å²) in [6.07, 6.45) is 2.43. The Hall–Kier alpha value is -2.77. The zero-order chi connectivity index (χ0) is 22.0. The monoisotopic (exact) mass is 427 g/mol. The molecule has 1 fully saturated rings. The van der Waals surface area contributed by atoms with E-state index in [2.05, 4.69) is 11.8 Å². The molecule has 2 aromatic rings. The summed E-state index contributed by atoms with van der Waals surface area (Å²) >= 11 is 0. The summed E-state index contributed by atoms with van der Waals surface area (Å²) < 4.78 is 11.7. The number of carbonyl (C=O) groups is 1. The van der Waals surface area contributed by atoms with E-state index in [0.29, 0.717) is 18.3 Å². The maximum Gasteiger partial charge on any atom is 0.174 e. The zero-order valence-corrected chi connectivity index (χ0v) is 17.7. The van der Waals surface area contributed by atoms with Gasteiger partial charge in [0.15, 0.2) is 5.78 Å². The molecule has 2 aliphatic heterocycles. The van der Waals surface area contributed by atoms with Crippen molar-refractivity contribution in [2.24, 2.45) is 0 Å². The molecule has 1 saturated heterocycles. The van der Waals surface area contributed by atoms with Crippen molar-refractivity contribution >= 4 is 5.78 Å². The van der Waals surface area contributed by atoms with Gasteiger partial charge in [-0.15, -0.1) is 0 Å². The standard InChI is InChI=1S/C24H29NO6/c1-15-4-2-3-9-25(15)13-18(27)14-30-19-10-20(28)24-21(29)12-22(31-23(24)11-19)16-5-7-17(26)8-6-16/h5-8,10-11,15,18,22,26-28H,2-4,9,12-14H2,1H3. The predicted octanol–water partition coefficient (Wildman–Crippen LogP) is 3.42. The van der Waals surface area contributed by atoms with E-state index in [1.807, 2.05) is 0 Å². The number of rotatable bonds is 6. The maximum absolute atomic E-state index is 12.6. The number of phenols is 2. The van der Waals surface area contributed by atoms with Gasteiger partial charge >= 0.3 is 0 Å². The molecule has 2 heterocycles. The number of aliphatic hydroxyl groups is 1. The van der Waals surface area contributed by atoms with Gasteiger partial charge in [0.05, 0.1) is 6.42 Å². The van der Waals surface area contributed by atoms with E-state index < -0.39 is 12.2 Å². The van der Waals surface area contributed by atoms with E-state index in [4.69, 9.17) is 9.47 Å². The molecule has 4 rings (SSSR count). The first-order chi connectivity index (χ1) is 14.9. The fraction of sp³-hybridized carbons (Fsp3) is 0.458. The fourth-order valence-corrected chi connectivity index (χ4v) is 4.32. The topological polar surface area (TPSA) is 99.5 Å². The van der Waals surface area contributed by atoms with E-state index in [0.717, 1.165) is 24.9 Å². The molecule has 166 valence electrons. The summed E-state index contributed by atoms with van der Waals surface area (Å²) in [5.74, 6) is 0.310. The number of Topliss-reactive ketones (excluding diaryl/α,β-unsaturated/α-hetero) is 1. The molecule has 0 amide bonds. The number of ether oxygens (including phenoxy) is 2. The SMILES string of the molecule is CC1CCCCN1CC(O)COc1cc(O)c2c(c1)OC(c1ccc(O)cc1)CC2=O. The number of nitrogens with zero attached hydrogens (tertiary/aromatic N) is 1. The molecular weight excluding hydrogens is 398 g/mol. The Labute approximate surface area is 181 Å². The Morgan fingerprint density at radius 2 is 1.97 bits per heavy atom. The van der Waals surface area contributed by atoms with Crippen LogP contribution in [0.5, 0.6) is 23.0 Å². The van der Waals surface area contributed by atoms with Crippen molar-refractivity contribution in [2.45, 2.75) is 50.9 Å². The average Bonchev–Trinajstić information content (AvgIpc) is 2.74. The van der Waals surface area contributed by atoms with Gasteiger partial charge in [-0.1, -0.05) is 18.6 Å². The molecule has 3 atom stereocenters. The Kier molecular flexibility index (Phi) is 6.34. The maximum atomic E-state index is 12.6. The first-order valence-electron chi connectivity index (χ1n) is 10.8. The van der Waals surface area contributed by atoms with Crippen molar-refractivity contribution < 1.29 is 29.6 Å². The van der Waals surface area contributed by atoms with Crippen LogP contribution in [0.3, 0.4) is 0 Å². The number of hydrogen-bond acceptors (Lipinski definition) is 7. The quantitative estimate of drug-likeness (QED) is 0.650. The number of aliphatic hydroxyl groups excluding tert-OH is 1. The second-order valence-corrected chi connectivity index (χ2v) is 8.45. The third-order valence-corrected chi connectivity index (χ3v) is 6.07. The molecule has 7 nitrogen and oxygen atoms in total. The van der Waals surface area contributed by atoms with Crippen molar-refractivity contribution in [1.29, 1.82) is 0 Å². The molecule has 2 aliphatic rings. The van der Waals surface area contributed by atoms with Gasteiger partial charge in [0, 0.05) is 24.7 Å². The summed E-state index contributed by atoms with van der Waals surface area (Å²) in [7, 11) is 0. The van der Waals surface area contributed by atoms with E-state index in [1.165, 1.54) is 12.5 Å². The summed E-state index contributed by atoms with van der Waals surface area (Å²) in [6.45, 7) is 3.77. The smallest absolute Gasteiger partial charge is 0.174 e. The second-order valence-electron chi connectivity index (χ2n) is 8.45. The normalized spacial score (nSPS) is 22.5. The summed E-state index contributed by atoms with van der Waals surface area (Å²) in [5.41, 5.74) is 0.902. The molecule has 0 bridgehead atoms. The fourth-order valence-electron chi connectivity index (χ4n) is 4.32. The number of likely N-dealkylation sites (tertiary alicyclic amines) is 1. The van der Waals surface area contributed by atoms with Crippen LogP contribution < -0.4 is 9.47 Å². The predicted molar refractivity (Wildman–Crippen MR) is 115 cm³/mol. The lowest BCUT2D eigenvalue weighted by molar-refractivity contribution is 0.0435. The zero-order valence-electron chi connectivity index (χ0n) is 17.7. The second kappa shape index (κ2) is 9.16.